The molecule has 0 bridgehead atoms. The first-order chi connectivity index (χ1) is 18.5. The smallest absolute Gasteiger partial charge is 0.339 e. The van der Waals surface area contributed by atoms with E-state index in [2.05, 4.69) is 13.8 Å². The van der Waals surface area contributed by atoms with Gasteiger partial charge < -0.3 is 19.3 Å². The zero-order chi connectivity index (χ0) is 28.6. The molecule has 0 aliphatic carbocycles. The van der Waals surface area contributed by atoms with E-state index < -0.39 is 16.0 Å². The molecule has 0 amide bonds. The highest BCUT2D eigenvalue weighted by Gasteiger charge is 2.21. The predicted octanol–water partition coefficient (Wildman–Crippen LogP) is 5.79. The summed E-state index contributed by atoms with van der Waals surface area (Å²) >= 11 is 0. The van der Waals surface area contributed by atoms with Crippen LogP contribution in [0.2, 0.25) is 0 Å². The van der Waals surface area contributed by atoms with Crippen molar-refractivity contribution in [2.24, 2.45) is 0 Å². The highest BCUT2D eigenvalue weighted by molar-refractivity contribution is 7.89. The Morgan fingerprint density at radius 1 is 0.769 bits per heavy atom. The maximum Gasteiger partial charge on any atom is 0.339 e. The summed E-state index contributed by atoms with van der Waals surface area (Å²) in [6.07, 6.45) is 0. The van der Waals surface area contributed by atoms with Gasteiger partial charge in [-0.05, 0) is 59.4 Å². The first kappa shape index (κ1) is 30.0. The molecule has 0 aromatic heterocycles. The second-order valence-electron chi connectivity index (χ2n) is 9.78. The Morgan fingerprint density at radius 2 is 1.28 bits per heavy atom. The third-order valence-corrected chi connectivity index (χ3v) is 8.14. The summed E-state index contributed by atoms with van der Waals surface area (Å²) in [6, 6.07) is 19.1. The second-order valence-corrected chi connectivity index (χ2v) is 11.8. The summed E-state index contributed by atoms with van der Waals surface area (Å²) in [5.41, 5.74) is 2.27. The van der Waals surface area contributed by atoms with E-state index in [0.717, 1.165) is 5.56 Å². The van der Waals surface area contributed by atoms with Gasteiger partial charge in [0.2, 0.25) is 10.0 Å². The summed E-state index contributed by atoms with van der Waals surface area (Å²) in [4.78, 5) is 11.9. The summed E-state index contributed by atoms with van der Waals surface area (Å²) < 4.78 is 44.2. The van der Waals surface area contributed by atoms with Crippen LogP contribution in [-0.4, -0.2) is 57.2 Å². The quantitative estimate of drug-likeness (QED) is 0.251. The molecule has 0 aliphatic rings. The Labute approximate surface area is 231 Å². The summed E-state index contributed by atoms with van der Waals surface area (Å²) in [6.45, 7) is 8.87. The van der Waals surface area contributed by atoms with E-state index in [9.17, 15) is 18.3 Å². The van der Waals surface area contributed by atoms with Gasteiger partial charge in [-0.1, -0.05) is 52.0 Å². The zero-order valence-corrected chi connectivity index (χ0v) is 23.9. The van der Waals surface area contributed by atoms with Crippen LogP contribution in [0.1, 0.15) is 61.0 Å². The minimum absolute atomic E-state index is 0.00632. The lowest BCUT2D eigenvalue weighted by atomic mass is 10.0. The molecule has 0 spiro atoms. The maximum atomic E-state index is 12.9. The minimum atomic E-state index is -3.67. The molecule has 39 heavy (non-hydrogen) atoms. The first-order valence-corrected chi connectivity index (χ1v) is 14.3. The van der Waals surface area contributed by atoms with Crippen molar-refractivity contribution in [1.82, 2.24) is 4.31 Å². The van der Waals surface area contributed by atoms with Crippen molar-refractivity contribution in [2.45, 2.75) is 44.4 Å². The predicted molar refractivity (Wildman–Crippen MR) is 151 cm³/mol. The van der Waals surface area contributed by atoms with Crippen LogP contribution in [0, 0.1) is 0 Å². The van der Waals surface area contributed by atoms with E-state index in [-0.39, 0.29) is 42.6 Å². The van der Waals surface area contributed by atoms with Gasteiger partial charge in [0.05, 0.1) is 4.90 Å². The number of nitrogens with zero attached hydrogens (tertiary/aromatic N) is 1. The van der Waals surface area contributed by atoms with Crippen LogP contribution >= 0.6 is 0 Å². The Morgan fingerprint density at radius 3 is 1.85 bits per heavy atom. The number of likely N-dealkylation sites (N-methyl/N-ethyl adjacent to an activating group) is 1. The van der Waals surface area contributed by atoms with Gasteiger partial charge in [-0.15, -0.1) is 0 Å². The molecule has 0 saturated heterocycles. The lowest BCUT2D eigenvalue weighted by Crippen LogP contribution is -2.31. The van der Waals surface area contributed by atoms with Gasteiger partial charge in [0.25, 0.3) is 0 Å². The fourth-order valence-electron chi connectivity index (χ4n) is 3.77. The van der Waals surface area contributed by atoms with E-state index in [0.29, 0.717) is 23.3 Å². The molecule has 0 atom stereocenters. The van der Waals surface area contributed by atoms with Crippen LogP contribution < -0.4 is 14.2 Å². The molecular weight excluding hydrogens is 518 g/mol. The van der Waals surface area contributed by atoms with Gasteiger partial charge in [0.15, 0.2) is 0 Å². The number of sulfonamides is 1. The molecule has 0 unspecified atom stereocenters. The van der Waals surface area contributed by atoms with Crippen LogP contribution in [0.3, 0.4) is 0 Å². The number of carboxylic acids is 1. The summed E-state index contributed by atoms with van der Waals surface area (Å²) in [5, 5.41) is 9.53. The van der Waals surface area contributed by atoms with Crippen LogP contribution in [-0.2, 0) is 10.0 Å². The van der Waals surface area contributed by atoms with Gasteiger partial charge in [0, 0.05) is 19.7 Å². The maximum absolute atomic E-state index is 12.9. The van der Waals surface area contributed by atoms with E-state index >= 15 is 0 Å². The number of aromatic carboxylic acids is 1. The molecule has 1 N–H and O–H groups in total. The van der Waals surface area contributed by atoms with Crippen LogP contribution in [0.25, 0.3) is 0 Å². The van der Waals surface area contributed by atoms with E-state index in [1.807, 2.05) is 50.2 Å². The van der Waals surface area contributed by atoms with Gasteiger partial charge in [0.1, 0.15) is 42.6 Å². The average Bonchev–Trinajstić information content (AvgIpc) is 2.91. The molecule has 0 fully saturated rings. The summed E-state index contributed by atoms with van der Waals surface area (Å²) in [5.74, 6) is 0.823. The van der Waals surface area contributed by atoms with Crippen LogP contribution in [0.15, 0.2) is 71.6 Å². The normalized spacial score (nSPS) is 11.7. The van der Waals surface area contributed by atoms with Gasteiger partial charge >= 0.3 is 5.97 Å². The molecular formula is C30H37NO7S. The Balaban J connectivity index is 1.55. The summed E-state index contributed by atoms with van der Waals surface area (Å²) in [7, 11) is -2.18. The van der Waals surface area contributed by atoms with Crippen molar-refractivity contribution in [1.29, 1.82) is 0 Å². The Kier molecular flexibility index (Phi) is 10.4. The average molecular weight is 556 g/mol. The molecule has 3 aromatic rings. The standard InChI is InChI=1S/C30H37NO7S/c1-21(2)23-6-10-25(11-7-23)37-18-19-38-29-20-26(12-15-28(29)30(32)33)36-17-16-31(5)39(34,35)27-13-8-24(9-14-27)22(3)4/h6-15,20-22H,16-19H2,1-5H3,(H,32,33). The van der Waals surface area contributed by atoms with Gasteiger partial charge in [-0.3, -0.25) is 0 Å². The lowest BCUT2D eigenvalue weighted by Gasteiger charge is -2.18. The van der Waals surface area contributed by atoms with Crippen molar-refractivity contribution >= 4 is 16.0 Å². The number of rotatable bonds is 14. The largest absolute Gasteiger partial charge is 0.492 e. The van der Waals surface area contributed by atoms with Crippen molar-refractivity contribution < 1.29 is 32.5 Å². The highest BCUT2D eigenvalue weighted by atomic mass is 32.2. The Bertz CT molecular complexity index is 1330. The lowest BCUT2D eigenvalue weighted by molar-refractivity contribution is 0.0691. The van der Waals surface area contributed by atoms with Crippen LogP contribution in [0.4, 0.5) is 0 Å². The number of hydrogen-bond donors (Lipinski definition) is 1. The van der Waals surface area contributed by atoms with Crippen molar-refractivity contribution in [3.05, 3.63) is 83.4 Å². The SMILES string of the molecule is CC(C)c1ccc(OCCOc2cc(OCCN(C)S(=O)(=O)c3ccc(C(C)C)cc3)ccc2C(=O)O)cc1. The second kappa shape index (κ2) is 13.5. The molecule has 8 nitrogen and oxygen atoms in total. The molecule has 3 rings (SSSR count). The number of ether oxygens (including phenoxy) is 3. The molecule has 0 aliphatic heterocycles. The number of hydrogen-bond acceptors (Lipinski definition) is 6. The number of benzene rings is 3. The Hall–Kier alpha value is -3.56. The van der Waals surface area contributed by atoms with E-state index in [1.165, 1.54) is 35.1 Å². The highest BCUT2D eigenvalue weighted by Crippen LogP contribution is 2.26. The topological polar surface area (TPSA) is 102 Å². The molecule has 9 heteroatoms. The third kappa shape index (κ3) is 8.21. The van der Waals surface area contributed by atoms with Crippen LogP contribution in [0.5, 0.6) is 17.2 Å². The fourth-order valence-corrected chi connectivity index (χ4v) is 4.92. The zero-order valence-electron chi connectivity index (χ0n) is 23.1. The van der Waals surface area contributed by atoms with Crippen molar-refractivity contribution in [3.63, 3.8) is 0 Å². The molecule has 0 heterocycles. The minimum Gasteiger partial charge on any atom is -0.492 e. The van der Waals surface area contributed by atoms with Crippen molar-refractivity contribution in [2.75, 3.05) is 33.4 Å². The molecule has 0 saturated carbocycles. The van der Waals surface area contributed by atoms with E-state index in [4.69, 9.17) is 14.2 Å². The van der Waals surface area contributed by atoms with Crippen molar-refractivity contribution in [3.8, 4) is 17.2 Å². The fraction of sp³-hybridized carbons (Fsp3) is 0.367. The third-order valence-electron chi connectivity index (χ3n) is 6.27. The first-order valence-electron chi connectivity index (χ1n) is 12.9. The van der Waals surface area contributed by atoms with Gasteiger partial charge in [-0.25, -0.2) is 13.2 Å². The van der Waals surface area contributed by atoms with Gasteiger partial charge in [-0.2, -0.15) is 4.31 Å². The molecule has 0 radical (unpaired) electrons. The molecule has 210 valence electrons. The molecule has 3 aromatic carbocycles. The monoisotopic (exact) mass is 555 g/mol. The number of carbonyl (C=O) groups is 1. The number of carboxylic acid groups (broad SMARTS) is 1. The van der Waals surface area contributed by atoms with E-state index in [1.54, 1.807) is 12.1 Å².